The molecular formula is C15H25N3OS. The molecule has 1 aromatic heterocycles. The van der Waals surface area contributed by atoms with Crippen LogP contribution in [0.15, 0.2) is 16.8 Å². The van der Waals surface area contributed by atoms with Crippen molar-refractivity contribution in [1.82, 2.24) is 9.80 Å². The zero-order valence-electron chi connectivity index (χ0n) is 12.2. The molecule has 2 aliphatic rings. The molecule has 3 atom stereocenters. The highest BCUT2D eigenvalue weighted by Gasteiger charge is 2.34. The summed E-state index contributed by atoms with van der Waals surface area (Å²) in [5, 5.41) is 4.40. The summed E-state index contributed by atoms with van der Waals surface area (Å²) in [6, 6.07) is 3.44. The number of nitrogens with zero attached hydrogens (tertiary/aromatic N) is 2. The number of nitrogens with two attached hydrogens (primary N) is 1. The van der Waals surface area contributed by atoms with Crippen LogP contribution < -0.4 is 5.73 Å². The molecule has 0 radical (unpaired) electrons. The van der Waals surface area contributed by atoms with Gasteiger partial charge in [0.15, 0.2) is 0 Å². The normalized spacial score (nSPS) is 28.6. The van der Waals surface area contributed by atoms with Gasteiger partial charge in [-0.1, -0.05) is 0 Å². The Morgan fingerprint density at radius 2 is 2.15 bits per heavy atom. The molecule has 1 aromatic rings. The van der Waals surface area contributed by atoms with Crippen molar-refractivity contribution in [3.63, 3.8) is 0 Å². The summed E-state index contributed by atoms with van der Waals surface area (Å²) < 4.78 is 5.46. The van der Waals surface area contributed by atoms with E-state index in [9.17, 15) is 0 Å². The number of thiophene rings is 1. The van der Waals surface area contributed by atoms with E-state index in [4.69, 9.17) is 10.5 Å². The van der Waals surface area contributed by atoms with E-state index in [-0.39, 0.29) is 6.04 Å². The first-order valence-electron chi connectivity index (χ1n) is 7.59. The highest BCUT2D eigenvalue weighted by molar-refractivity contribution is 7.07. The van der Waals surface area contributed by atoms with Crippen LogP contribution in [0.2, 0.25) is 0 Å². The van der Waals surface area contributed by atoms with Crippen LogP contribution in [0.4, 0.5) is 0 Å². The van der Waals surface area contributed by atoms with E-state index in [1.807, 2.05) is 0 Å². The summed E-state index contributed by atoms with van der Waals surface area (Å²) in [6.07, 6.45) is 1.26. The van der Waals surface area contributed by atoms with Gasteiger partial charge in [0.1, 0.15) is 0 Å². The predicted octanol–water partition coefficient (Wildman–Crippen LogP) is 1.54. The second kappa shape index (κ2) is 6.54. The first kappa shape index (κ1) is 14.5. The van der Waals surface area contributed by atoms with Crippen LogP contribution in [0.1, 0.15) is 24.9 Å². The average molecular weight is 295 g/mol. The first-order valence-corrected chi connectivity index (χ1v) is 8.53. The van der Waals surface area contributed by atoms with Crippen molar-refractivity contribution in [3.05, 3.63) is 22.4 Å². The van der Waals surface area contributed by atoms with Gasteiger partial charge in [0.2, 0.25) is 0 Å². The molecule has 0 amide bonds. The Hall–Kier alpha value is -0.460. The molecule has 2 aliphatic heterocycles. The minimum atomic E-state index is 0.174. The summed E-state index contributed by atoms with van der Waals surface area (Å²) in [5.74, 6) is 0. The summed E-state index contributed by atoms with van der Waals surface area (Å²) in [5.41, 5.74) is 7.64. The fourth-order valence-electron chi connectivity index (χ4n) is 3.55. The maximum absolute atomic E-state index is 6.26. The third kappa shape index (κ3) is 3.07. The first-order chi connectivity index (χ1) is 9.75. The Bertz CT molecular complexity index is 403. The lowest BCUT2D eigenvalue weighted by atomic mass is 10.0. The SMILES string of the molecule is CC(N)C(c1ccsc1)N1CCC(N2CCOCC2)C1. The molecule has 0 aliphatic carbocycles. The lowest BCUT2D eigenvalue weighted by Crippen LogP contribution is -2.46. The maximum atomic E-state index is 6.26. The summed E-state index contributed by atoms with van der Waals surface area (Å²) in [4.78, 5) is 5.17. The van der Waals surface area contributed by atoms with Crippen LogP contribution in [0, 0.1) is 0 Å². The molecule has 3 rings (SSSR count). The predicted molar refractivity (Wildman–Crippen MR) is 83.1 cm³/mol. The Morgan fingerprint density at radius 3 is 2.80 bits per heavy atom. The lowest BCUT2D eigenvalue weighted by Gasteiger charge is -2.34. The third-order valence-electron chi connectivity index (χ3n) is 4.53. The fourth-order valence-corrected chi connectivity index (χ4v) is 4.24. The number of hydrogen-bond acceptors (Lipinski definition) is 5. The topological polar surface area (TPSA) is 41.7 Å². The summed E-state index contributed by atoms with van der Waals surface area (Å²) >= 11 is 1.76. The molecule has 0 saturated carbocycles. The van der Waals surface area contributed by atoms with Crippen LogP contribution in [-0.4, -0.2) is 61.3 Å². The Labute approximate surface area is 125 Å². The molecule has 2 saturated heterocycles. The van der Waals surface area contributed by atoms with E-state index in [0.29, 0.717) is 12.1 Å². The van der Waals surface area contributed by atoms with Gasteiger partial charge in [-0.25, -0.2) is 0 Å². The minimum Gasteiger partial charge on any atom is -0.379 e. The van der Waals surface area contributed by atoms with Gasteiger partial charge >= 0.3 is 0 Å². The minimum absolute atomic E-state index is 0.174. The van der Waals surface area contributed by atoms with Gasteiger partial charge in [-0.15, -0.1) is 0 Å². The van der Waals surface area contributed by atoms with Crippen molar-refractivity contribution in [2.45, 2.75) is 31.5 Å². The molecule has 0 aromatic carbocycles. The highest BCUT2D eigenvalue weighted by atomic mass is 32.1. The number of likely N-dealkylation sites (tertiary alicyclic amines) is 1. The van der Waals surface area contributed by atoms with E-state index in [1.54, 1.807) is 11.3 Å². The highest BCUT2D eigenvalue weighted by Crippen LogP contribution is 2.30. The van der Waals surface area contributed by atoms with E-state index < -0.39 is 0 Å². The molecule has 3 heterocycles. The van der Waals surface area contributed by atoms with Gasteiger partial charge in [-0.3, -0.25) is 9.80 Å². The maximum Gasteiger partial charge on any atom is 0.0594 e. The molecule has 2 N–H and O–H groups in total. The van der Waals surface area contributed by atoms with Gasteiger partial charge in [0, 0.05) is 38.3 Å². The standard InChI is InChI=1S/C15H25N3OS/c1-12(16)15(13-3-9-20-11-13)18-4-2-14(10-18)17-5-7-19-8-6-17/h3,9,11-12,14-15H,2,4-8,10,16H2,1H3. The monoisotopic (exact) mass is 295 g/mol. The Balaban J connectivity index is 1.65. The van der Waals surface area contributed by atoms with Crippen LogP contribution in [0.25, 0.3) is 0 Å². The van der Waals surface area contributed by atoms with Gasteiger partial charge in [-0.05, 0) is 35.7 Å². The van der Waals surface area contributed by atoms with E-state index in [1.165, 1.54) is 12.0 Å². The van der Waals surface area contributed by atoms with Crippen LogP contribution in [-0.2, 0) is 4.74 Å². The van der Waals surface area contributed by atoms with Crippen molar-refractivity contribution in [1.29, 1.82) is 0 Å². The van der Waals surface area contributed by atoms with E-state index in [0.717, 1.165) is 39.4 Å². The number of ether oxygens (including phenoxy) is 1. The zero-order chi connectivity index (χ0) is 13.9. The second-order valence-corrected chi connectivity index (χ2v) is 6.73. The zero-order valence-corrected chi connectivity index (χ0v) is 13.0. The molecule has 0 spiro atoms. The molecule has 112 valence electrons. The van der Waals surface area contributed by atoms with Crippen molar-refractivity contribution in [3.8, 4) is 0 Å². The van der Waals surface area contributed by atoms with Gasteiger partial charge in [0.25, 0.3) is 0 Å². The summed E-state index contributed by atoms with van der Waals surface area (Å²) in [7, 11) is 0. The van der Waals surface area contributed by atoms with Crippen molar-refractivity contribution < 1.29 is 4.74 Å². The Kier molecular flexibility index (Phi) is 4.73. The van der Waals surface area contributed by atoms with Crippen LogP contribution in [0.3, 0.4) is 0 Å². The number of morpholine rings is 1. The quantitative estimate of drug-likeness (QED) is 0.915. The largest absolute Gasteiger partial charge is 0.379 e. The van der Waals surface area contributed by atoms with Crippen molar-refractivity contribution in [2.75, 3.05) is 39.4 Å². The molecule has 0 bridgehead atoms. The van der Waals surface area contributed by atoms with Gasteiger partial charge < -0.3 is 10.5 Å². The molecule has 3 unspecified atom stereocenters. The van der Waals surface area contributed by atoms with Crippen LogP contribution >= 0.6 is 11.3 Å². The lowest BCUT2D eigenvalue weighted by molar-refractivity contribution is 0.0173. The summed E-state index contributed by atoms with van der Waals surface area (Å²) in [6.45, 7) is 8.37. The van der Waals surface area contributed by atoms with Crippen molar-refractivity contribution >= 4 is 11.3 Å². The smallest absolute Gasteiger partial charge is 0.0594 e. The molecular weight excluding hydrogens is 270 g/mol. The number of hydrogen-bond donors (Lipinski definition) is 1. The van der Waals surface area contributed by atoms with Gasteiger partial charge in [-0.2, -0.15) is 11.3 Å². The Morgan fingerprint density at radius 1 is 1.35 bits per heavy atom. The number of rotatable bonds is 4. The third-order valence-corrected chi connectivity index (χ3v) is 5.23. The van der Waals surface area contributed by atoms with E-state index >= 15 is 0 Å². The van der Waals surface area contributed by atoms with Crippen LogP contribution in [0.5, 0.6) is 0 Å². The molecule has 20 heavy (non-hydrogen) atoms. The second-order valence-electron chi connectivity index (χ2n) is 5.95. The van der Waals surface area contributed by atoms with E-state index in [2.05, 4.69) is 33.6 Å². The molecule has 5 heteroatoms. The fraction of sp³-hybridized carbons (Fsp3) is 0.733. The van der Waals surface area contributed by atoms with Crippen molar-refractivity contribution in [2.24, 2.45) is 5.73 Å². The van der Waals surface area contributed by atoms with Gasteiger partial charge in [0.05, 0.1) is 19.3 Å². The molecule has 4 nitrogen and oxygen atoms in total. The molecule has 2 fully saturated rings. The average Bonchev–Trinajstić information content (AvgIpc) is 3.12.